The Hall–Kier alpha value is -0.650. The van der Waals surface area contributed by atoms with Crippen LogP contribution >= 0.6 is 0 Å². The Morgan fingerprint density at radius 3 is 2.90 bits per heavy atom. The Kier molecular flexibility index (Phi) is 4.52. The Balaban J connectivity index is 1.36. The summed E-state index contributed by atoms with van der Waals surface area (Å²) >= 11 is 0. The van der Waals surface area contributed by atoms with Crippen molar-refractivity contribution in [3.8, 4) is 0 Å². The number of fused-ring (bicyclic) bond motifs is 2. The monoisotopic (exact) mass is 296 g/mol. The lowest BCUT2D eigenvalue weighted by Gasteiger charge is -2.42. The number of hydrogen-bond acceptors (Lipinski definition) is 4. The number of rotatable bonds is 5. The van der Waals surface area contributed by atoms with Gasteiger partial charge in [-0.15, -0.1) is 0 Å². The van der Waals surface area contributed by atoms with E-state index in [9.17, 15) is 4.79 Å². The van der Waals surface area contributed by atoms with E-state index in [1.54, 1.807) is 0 Å². The molecule has 3 fully saturated rings. The van der Waals surface area contributed by atoms with E-state index in [0.717, 1.165) is 45.7 Å². The standard InChI is InChI=1S/C16H28N2O3/c1-16(2)11-20-8-7-18(16)6-5-17-15(19)10-12-9-13-3-4-14(12)21-13/h12-14H,3-11H2,1-2H3,(H,17,19). The van der Waals surface area contributed by atoms with Crippen LogP contribution in [-0.2, 0) is 14.3 Å². The van der Waals surface area contributed by atoms with Crippen molar-refractivity contribution >= 4 is 5.91 Å². The highest BCUT2D eigenvalue weighted by molar-refractivity contribution is 5.76. The highest BCUT2D eigenvalue weighted by Gasteiger charge is 2.41. The maximum Gasteiger partial charge on any atom is 0.220 e. The number of nitrogens with one attached hydrogen (secondary N) is 1. The van der Waals surface area contributed by atoms with Crippen molar-refractivity contribution in [2.24, 2.45) is 5.92 Å². The molecule has 3 unspecified atom stereocenters. The van der Waals surface area contributed by atoms with E-state index in [4.69, 9.17) is 9.47 Å². The van der Waals surface area contributed by atoms with Crippen molar-refractivity contribution in [2.75, 3.05) is 32.8 Å². The number of carbonyl (C=O) groups is 1. The molecule has 5 heteroatoms. The minimum atomic E-state index is 0.0709. The van der Waals surface area contributed by atoms with Crippen LogP contribution in [0.2, 0.25) is 0 Å². The number of nitrogens with zero attached hydrogens (tertiary/aromatic N) is 1. The van der Waals surface area contributed by atoms with Gasteiger partial charge in [0.2, 0.25) is 5.91 Å². The molecule has 3 aliphatic heterocycles. The first-order valence-electron chi connectivity index (χ1n) is 8.29. The smallest absolute Gasteiger partial charge is 0.220 e. The van der Waals surface area contributed by atoms with Gasteiger partial charge in [0.25, 0.3) is 0 Å². The fourth-order valence-corrected chi connectivity index (χ4v) is 3.90. The fraction of sp³-hybridized carbons (Fsp3) is 0.938. The van der Waals surface area contributed by atoms with Crippen LogP contribution in [0.25, 0.3) is 0 Å². The summed E-state index contributed by atoms with van der Waals surface area (Å²) in [5.41, 5.74) is 0.0709. The molecule has 3 aliphatic rings. The molecule has 3 heterocycles. The first-order valence-corrected chi connectivity index (χ1v) is 8.29. The predicted molar refractivity (Wildman–Crippen MR) is 80.1 cm³/mol. The van der Waals surface area contributed by atoms with Crippen LogP contribution in [0.1, 0.15) is 39.5 Å². The number of carbonyl (C=O) groups excluding carboxylic acids is 1. The summed E-state index contributed by atoms with van der Waals surface area (Å²) < 4.78 is 11.3. The third-order valence-corrected chi connectivity index (χ3v) is 5.20. The van der Waals surface area contributed by atoms with Crippen molar-refractivity contribution < 1.29 is 14.3 Å². The highest BCUT2D eigenvalue weighted by atomic mass is 16.5. The molecular weight excluding hydrogens is 268 g/mol. The van der Waals surface area contributed by atoms with E-state index in [1.165, 1.54) is 6.42 Å². The van der Waals surface area contributed by atoms with Crippen LogP contribution in [0, 0.1) is 5.92 Å². The van der Waals surface area contributed by atoms with Gasteiger partial charge in [0.1, 0.15) is 0 Å². The van der Waals surface area contributed by atoms with Crippen molar-refractivity contribution in [2.45, 2.75) is 57.3 Å². The zero-order valence-electron chi connectivity index (χ0n) is 13.3. The van der Waals surface area contributed by atoms with Crippen LogP contribution in [0.4, 0.5) is 0 Å². The van der Waals surface area contributed by atoms with Crippen LogP contribution in [0.5, 0.6) is 0 Å². The topological polar surface area (TPSA) is 50.8 Å². The number of amides is 1. The Bertz CT molecular complexity index is 386. The molecule has 0 aromatic rings. The molecule has 0 spiro atoms. The van der Waals surface area contributed by atoms with Gasteiger partial charge in [-0.25, -0.2) is 0 Å². The first-order chi connectivity index (χ1) is 10.0. The van der Waals surface area contributed by atoms with Gasteiger partial charge >= 0.3 is 0 Å². The molecule has 3 atom stereocenters. The van der Waals surface area contributed by atoms with Crippen LogP contribution in [-0.4, -0.2) is 61.4 Å². The second-order valence-electron chi connectivity index (χ2n) is 7.28. The molecule has 0 aliphatic carbocycles. The second-order valence-corrected chi connectivity index (χ2v) is 7.28. The average molecular weight is 296 g/mol. The summed E-state index contributed by atoms with van der Waals surface area (Å²) in [6.07, 6.45) is 4.82. The summed E-state index contributed by atoms with van der Waals surface area (Å²) in [5, 5.41) is 3.08. The van der Waals surface area contributed by atoms with E-state index in [0.29, 0.717) is 24.5 Å². The minimum absolute atomic E-state index is 0.0709. The molecule has 1 N–H and O–H groups in total. The van der Waals surface area contributed by atoms with E-state index in [1.807, 2.05) is 0 Å². The fourth-order valence-electron chi connectivity index (χ4n) is 3.90. The van der Waals surface area contributed by atoms with Crippen LogP contribution in [0.3, 0.4) is 0 Å². The summed E-state index contributed by atoms with van der Waals surface area (Å²) in [7, 11) is 0. The molecule has 0 saturated carbocycles. The van der Waals surface area contributed by atoms with E-state index >= 15 is 0 Å². The lowest BCUT2D eigenvalue weighted by atomic mass is 9.87. The van der Waals surface area contributed by atoms with E-state index < -0.39 is 0 Å². The predicted octanol–water partition coefficient (Wildman–Crippen LogP) is 1.17. The summed E-state index contributed by atoms with van der Waals surface area (Å²) in [6, 6.07) is 0. The maximum absolute atomic E-state index is 12.1. The van der Waals surface area contributed by atoms with Gasteiger partial charge in [-0.2, -0.15) is 0 Å². The normalized spacial score (nSPS) is 35.0. The van der Waals surface area contributed by atoms with Gasteiger partial charge in [0.15, 0.2) is 0 Å². The molecular formula is C16H28N2O3. The van der Waals surface area contributed by atoms with Gasteiger partial charge in [-0.05, 0) is 39.0 Å². The molecule has 1 amide bonds. The molecule has 0 aromatic heterocycles. The molecule has 2 bridgehead atoms. The molecule has 0 radical (unpaired) electrons. The summed E-state index contributed by atoms with van der Waals surface area (Å²) in [4.78, 5) is 14.5. The Labute approximate surface area is 127 Å². The van der Waals surface area contributed by atoms with Gasteiger partial charge < -0.3 is 14.8 Å². The van der Waals surface area contributed by atoms with Crippen molar-refractivity contribution in [3.05, 3.63) is 0 Å². The SMILES string of the molecule is CC1(C)COCCN1CCNC(=O)CC1CC2CCC1O2. The van der Waals surface area contributed by atoms with E-state index in [2.05, 4.69) is 24.1 Å². The van der Waals surface area contributed by atoms with Crippen molar-refractivity contribution in [3.63, 3.8) is 0 Å². The lowest BCUT2D eigenvalue weighted by molar-refractivity contribution is -0.122. The van der Waals surface area contributed by atoms with Gasteiger partial charge in [0.05, 0.1) is 25.4 Å². The van der Waals surface area contributed by atoms with Crippen LogP contribution < -0.4 is 5.32 Å². The summed E-state index contributed by atoms with van der Waals surface area (Å²) in [6.45, 7) is 8.52. The first kappa shape index (κ1) is 15.3. The number of morpholine rings is 1. The Morgan fingerprint density at radius 1 is 1.38 bits per heavy atom. The third-order valence-electron chi connectivity index (χ3n) is 5.20. The van der Waals surface area contributed by atoms with Crippen molar-refractivity contribution in [1.29, 1.82) is 0 Å². The minimum Gasteiger partial charge on any atom is -0.378 e. The average Bonchev–Trinajstić information content (AvgIpc) is 3.03. The van der Waals surface area contributed by atoms with E-state index in [-0.39, 0.29) is 11.4 Å². The largest absolute Gasteiger partial charge is 0.378 e. The molecule has 120 valence electrons. The molecule has 3 rings (SSSR count). The van der Waals surface area contributed by atoms with Crippen LogP contribution in [0.15, 0.2) is 0 Å². The maximum atomic E-state index is 12.1. The highest BCUT2D eigenvalue weighted by Crippen LogP contribution is 2.40. The molecule has 21 heavy (non-hydrogen) atoms. The summed E-state index contributed by atoms with van der Waals surface area (Å²) in [5.74, 6) is 0.630. The number of ether oxygens (including phenoxy) is 2. The van der Waals surface area contributed by atoms with Crippen molar-refractivity contribution in [1.82, 2.24) is 10.2 Å². The molecule has 0 aromatic carbocycles. The zero-order chi connectivity index (χ0) is 14.9. The number of hydrogen-bond donors (Lipinski definition) is 1. The quantitative estimate of drug-likeness (QED) is 0.827. The second kappa shape index (κ2) is 6.23. The third kappa shape index (κ3) is 3.58. The zero-order valence-corrected chi connectivity index (χ0v) is 13.3. The molecule has 5 nitrogen and oxygen atoms in total. The molecule has 3 saturated heterocycles. The lowest BCUT2D eigenvalue weighted by Crippen LogP contribution is -2.54. The van der Waals surface area contributed by atoms with Gasteiger partial charge in [0, 0.05) is 31.6 Å². The van der Waals surface area contributed by atoms with Gasteiger partial charge in [-0.1, -0.05) is 0 Å². The van der Waals surface area contributed by atoms with Gasteiger partial charge in [-0.3, -0.25) is 9.69 Å². The Morgan fingerprint density at radius 2 is 2.24 bits per heavy atom.